The highest BCUT2D eigenvalue weighted by Crippen LogP contribution is 2.24. The van der Waals surface area contributed by atoms with Gasteiger partial charge >= 0.3 is 0 Å². The molecule has 0 amide bonds. The summed E-state index contributed by atoms with van der Waals surface area (Å²) in [4.78, 5) is 7.23. The summed E-state index contributed by atoms with van der Waals surface area (Å²) in [7, 11) is 0. The van der Waals surface area contributed by atoms with Gasteiger partial charge in [-0.05, 0) is 31.2 Å². The van der Waals surface area contributed by atoms with Gasteiger partial charge in [-0.15, -0.1) is 0 Å². The van der Waals surface area contributed by atoms with Crippen LogP contribution in [0.15, 0.2) is 0 Å². The Bertz CT molecular complexity index is 436. The van der Waals surface area contributed by atoms with Crippen molar-refractivity contribution in [3.63, 3.8) is 0 Å². The number of nitrogens with one attached hydrogen (secondary N) is 1. The van der Waals surface area contributed by atoms with E-state index in [0.29, 0.717) is 0 Å². The van der Waals surface area contributed by atoms with Crippen LogP contribution in [0.25, 0.3) is 0 Å². The van der Waals surface area contributed by atoms with Gasteiger partial charge in [-0.1, -0.05) is 34.6 Å². The van der Waals surface area contributed by atoms with Gasteiger partial charge < -0.3 is 10.2 Å². The second-order valence-corrected chi connectivity index (χ2v) is 8.47. The summed E-state index contributed by atoms with van der Waals surface area (Å²) in [6, 6.07) is 0. The third kappa shape index (κ3) is 5.22. The Morgan fingerprint density at radius 3 is 2.76 bits per heavy atom. The highest BCUT2D eigenvalue weighted by atomic mass is 32.1. The molecule has 1 aliphatic heterocycles. The lowest BCUT2D eigenvalue weighted by Crippen LogP contribution is -2.39. The molecule has 2 heterocycles. The van der Waals surface area contributed by atoms with Gasteiger partial charge in [0.15, 0.2) is 0 Å². The number of rotatable bonds is 5. The van der Waals surface area contributed by atoms with Crippen LogP contribution in [0, 0.1) is 11.8 Å². The second kappa shape index (κ2) is 7.05. The maximum Gasteiger partial charge on any atom is 0.202 e. The molecular formula is C16H30N4S. The zero-order valence-electron chi connectivity index (χ0n) is 14.1. The number of likely N-dealkylation sites (tertiary alicyclic amines) is 1. The zero-order valence-corrected chi connectivity index (χ0v) is 15.0. The molecule has 0 aliphatic carbocycles. The molecule has 1 aromatic rings. The standard InChI is InChI=1S/C16H30N4S/c1-12(2)10-20-8-6-7-13(11-20)9-17-15-18-14(19-21-15)16(3,4)5/h12-13H,6-11H2,1-5H3,(H,17,18,19). The molecule has 2 rings (SSSR count). The summed E-state index contributed by atoms with van der Waals surface area (Å²) in [5.41, 5.74) is 0.0370. The summed E-state index contributed by atoms with van der Waals surface area (Å²) in [5, 5.41) is 4.47. The lowest BCUT2D eigenvalue weighted by atomic mass is 9.96. The lowest BCUT2D eigenvalue weighted by molar-refractivity contribution is 0.164. The van der Waals surface area contributed by atoms with Crippen LogP contribution in [0.1, 0.15) is 53.3 Å². The number of hydrogen-bond acceptors (Lipinski definition) is 5. The summed E-state index contributed by atoms with van der Waals surface area (Å²) < 4.78 is 4.46. The van der Waals surface area contributed by atoms with Crippen molar-refractivity contribution in [3.05, 3.63) is 5.82 Å². The normalized spacial score (nSPS) is 21.0. The fourth-order valence-corrected chi connectivity index (χ4v) is 3.59. The van der Waals surface area contributed by atoms with Crippen LogP contribution >= 0.6 is 11.5 Å². The molecule has 1 aromatic heterocycles. The summed E-state index contributed by atoms with van der Waals surface area (Å²) in [5.74, 6) is 2.44. The van der Waals surface area contributed by atoms with Gasteiger partial charge in [0.1, 0.15) is 5.82 Å². The highest BCUT2D eigenvalue weighted by Gasteiger charge is 2.22. The highest BCUT2D eigenvalue weighted by molar-refractivity contribution is 7.09. The van der Waals surface area contributed by atoms with Gasteiger partial charge in [0.2, 0.25) is 5.13 Å². The third-order valence-electron chi connectivity index (χ3n) is 3.87. The number of anilines is 1. The minimum Gasteiger partial charge on any atom is -0.360 e. The maximum absolute atomic E-state index is 4.62. The van der Waals surface area contributed by atoms with Crippen molar-refractivity contribution >= 4 is 16.7 Å². The molecule has 0 saturated carbocycles. The van der Waals surface area contributed by atoms with Crippen LogP contribution in [-0.4, -0.2) is 40.4 Å². The maximum atomic E-state index is 4.62. The first-order valence-corrected chi connectivity index (χ1v) is 8.92. The second-order valence-electron chi connectivity index (χ2n) is 7.72. The molecule has 21 heavy (non-hydrogen) atoms. The Kier molecular flexibility index (Phi) is 5.60. The SMILES string of the molecule is CC(C)CN1CCCC(CNc2nc(C(C)(C)C)ns2)C1. The van der Waals surface area contributed by atoms with E-state index in [1.54, 1.807) is 0 Å². The van der Waals surface area contributed by atoms with Crippen LogP contribution in [0.4, 0.5) is 5.13 Å². The molecule has 4 nitrogen and oxygen atoms in total. The van der Waals surface area contributed by atoms with Gasteiger partial charge in [0.05, 0.1) is 0 Å². The van der Waals surface area contributed by atoms with E-state index in [9.17, 15) is 0 Å². The molecule has 1 fully saturated rings. The summed E-state index contributed by atoms with van der Waals surface area (Å²) >= 11 is 1.49. The minimum absolute atomic E-state index is 0.0370. The quantitative estimate of drug-likeness (QED) is 0.902. The molecule has 1 atom stereocenters. The fourth-order valence-electron chi connectivity index (χ4n) is 2.83. The van der Waals surface area contributed by atoms with Crippen molar-refractivity contribution in [2.75, 3.05) is 31.5 Å². The van der Waals surface area contributed by atoms with E-state index >= 15 is 0 Å². The Balaban J connectivity index is 1.81. The van der Waals surface area contributed by atoms with Crippen molar-refractivity contribution in [1.29, 1.82) is 0 Å². The Morgan fingerprint density at radius 1 is 1.38 bits per heavy atom. The van der Waals surface area contributed by atoms with E-state index < -0.39 is 0 Å². The molecule has 0 bridgehead atoms. The third-order valence-corrected chi connectivity index (χ3v) is 4.54. The average molecular weight is 311 g/mol. The number of aromatic nitrogens is 2. The Hall–Kier alpha value is -0.680. The number of nitrogens with zero attached hydrogens (tertiary/aromatic N) is 3. The van der Waals surface area contributed by atoms with Gasteiger partial charge in [-0.3, -0.25) is 0 Å². The van der Waals surface area contributed by atoms with Crippen LogP contribution in [0.2, 0.25) is 0 Å². The largest absolute Gasteiger partial charge is 0.360 e. The first-order valence-electron chi connectivity index (χ1n) is 8.15. The lowest BCUT2D eigenvalue weighted by Gasteiger charge is -2.33. The van der Waals surface area contributed by atoms with Gasteiger partial charge in [0, 0.05) is 36.6 Å². The topological polar surface area (TPSA) is 41.0 Å². The summed E-state index contributed by atoms with van der Waals surface area (Å²) in [6.07, 6.45) is 2.65. The minimum atomic E-state index is 0.0370. The molecule has 1 unspecified atom stereocenters. The van der Waals surface area contributed by atoms with Crippen LogP contribution < -0.4 is 5.32 Å². The first kappa shape index (κ1) is 16.7. The van der Waals surface area contributed by atoms with E-state index in [-0.39, 0.29) is 5.41 Å². The molecule has 1 aliphatic rings. The number of piperidine rings is 1. The van der Waals surface area contributed by atoms with E-state index in [0.717, 1.165) is 29.3 Å². The molecule has 1 saturated heterocycles. The molecule has 120 valence electrons. The van der Waals surface area contributed by atoms with Gasteiger partial charge in [-0.25, -0.2) is 4.98 Å². The Morgan fingerprint density at radius 2 is 2.14 bits per heavy atom. The van der Waals surface area contributed by atoms with Crippen molar-refractivity contribution in [3.8, 4) is 0 Å². The molecule has 5 heteroatoms. The molecule has 0 radical (unpaired) electrons. The fraction of sp³-hybridized carbons (Fsp3) is 0.875. The summed E-state index contributed by atoms with van der Waals surface area (Å²) in [6.45, 7) is 15.8. The number of hydrogen-bond donors (Lipinski definition) is 1. The Labute approximate surface area is 133 Å². The zero-order chi connectivity index (χ0) is 15.5. The van der Waals surface area contributed by atoms with Crippen LogP contribution in [0.5, 0.6) is 0 Å². The predicted molar refractivity (Wildman–Crippen MR) is 91.1 cm³/mol. The van der Waals surface area contributed by atoms with Crippen molar-refractivity contribution < 1.29 is 0 Å². The van der Waals surface area contributed by atoms with Crippen molar-refractivity contribution in [2.24, 2.45) is 11.8 Å². The van der Waals surface area contributed by atoms with E-state index in [1.807, 2.05) is 0 Å². The average Bonchev–Trinajstić information content (AvgIpc) is 2.84. The van der Waals surface area contributed by atoms with E-state index in [1.165, 1.54) is 44.0 Å². The van der Waals surface area contributed by atoms with E-state index in [2.05, 4.69) is 54.2 Å². The molecule has 1 N–H and O–H groups in total. The van der Waals surface area contributed by atoms with E-state index in [4.69, 9.17) is 0 Å². The molecule has 0 spiro atoms. The van der Waals surface area contributed by atoms with Crippen LogP contribution in [-0.2, 0) is 5.41 Å². The van der Waals surface area contributed by atoms with Crippen molar-refractivity contribution in [1.82, 2.24) is 14.3 Å². The van der Waals surface area contributed by atoms with Gasteiger partial charge in [-0.2, -0.15) is 4.37 Å². The predicted octanol–water partition coefficient (Wildman–Crippen LogP) is 3.62. The van der Waals surface area contributed by atoms with Crippen molar-refractivity contribution in [2.45, 2.75) is 52.9 Å². The van der Waals surface area contributed by atoms with Gasteiger partial charge in [0.25, 0.3) is 0 Å². The smallest absolute Gasteiger partial charge is 0.202 e. The molecular weight excluding hydrogens is 280 g/mol. The van der Waals surface area contributed by atoms with Crippen LogP contribution in [0.3, 0.4) is 0 Å². The first-order chi connectivity index (χ1) is 9.84. The monoisotopic (exact) mass is 310 g/mol. The molecule has 0 aromatic carbocycles.